The molecule has 1 aliphatic carbocycles. The minimum absolute atomic E-state index is 0.00787. The van der Waals surface area contributed by atoms with Crippen molar-refractivity contribution in [1.82, 2.24) is 20.1 Å². The van der Waals surface area contributed by atoms with Crippen LogP contribution in [0.3, 0.4) is 0 Å². The number of hydrogen-bond donors (Lipinski definition) is 4. The second kappa shape index (κ2) is 13.1. The topological polar surface area (TPSA) is 144 Å². The third kappa shape index (κ3) is 7.34. The Morgan fingerprint density at radius 2 is 2.08 bits per heavy atom. The summed E-state index contributed by atoms with van der Waals surface area (Å²) in [5.74, 6) is 0.344. The summed E-state index contributed by atoms with van der Waals surface area (Å²) in [7, 11) is 1.80. The molecule has 1 aliphatic rings. The second-order valence-corrected chi connectivity index (χ2v) is 9.35. The summed E-state index contributed by atoms with van der Waals surface area (Å²) in [5.41, 5.74) is 7.11. The molecule has 2 atom stereocenters. The zero-order chi connectivity index (χ0) is 26.1. The predicted molar refractivity (Wildman–Crippen MR) is 144 cm³/mol. The van der Waals surface area contributed by atoms with E-state index in [1.807, 2.05) is 30.5 Å². The van der Waals surface area contributed by atoms with Crippen molar-refractivity contribution in [2.24, 2.45) is 11.7 Å². The summed E-state index contributed by atoms with van der Waals surface area (Å²) in [6, 6.07) is 11.0. The Bertz CT molecular complexity index is 1220. The van der Waals surface area contributed by atoms with Gasteiger partial charge in [-0.3, -0.25) is 14.3 Å². The largest absolute Gasteiger partial charge is 0.373 e. The number of amides is 2. The van der Waals surface area contributed by atoms with Crippen LogP contribution in [0.1, 0.15) is 36.2 Å². The molecule has 2 aromatic heterocycles. The fourth-order valence-electron chi connectivity index (χ4n) is 4.18. The number of anilines is 2. The van der Waals surface area contributed by atoms with Crippen LogP contribution in [0.15, 0.2) is 36.4 Å². The van der Waals surface area contributed by atoms with E-state index in [-0.39, 0.29) is 24.2 Å². The van der Waals surface area contributed by atoms with Crippen LogP contribution >= 0.6 is 23.5 Å². The van der Waals surface area contributed by atoms with Gasteiger partial charge >= 0.3 is 0 Å². The number of aldehydes is 1. The van der Waals surface area contributed by atoms with Gasteiger partial charge in [-0.15, -0.1) is 0 Å². The lowest BCUT2D eigenvalue weighted by atomic mass is 10.1. The smallest absolute Gasteiger partial charge is 0.269 e. The number of carbonyl (C=O) groups is 3. The minimum atomic E-state index is -0.632. The molecule has 0 spiro atoms. The number of primary amides is 1. The Kier molecular flexibility index (Phi) is 9.95. The van der Waals surface area contributed by atoms with E-state index in [0.29, 0.717) is 28.4 Å². The van der Waals surface area contributed by atoms with Gasteiger partial charge in [0.05, 0.1) is 5.52 Å². The van der Waals surface area contributed by atoms with E-state index >= 15 is 0 Å². The van der Waals surface area contributed by atoms with Crippen LogP contribution in [0, 0.1) is 5.92 Å². The number of nitrogens with zero attached hydrogens (tertiary/aromatic N) is 3. The van der Waals surface area contributed by atoms with E-state index in [2.05, 4.69) is 25.4 Å². The number of carbonyl (C=O) groups excluding carboxylic acids is 3. The molecule has 0 radical (unpaired) electrons. The maximum absolute atomic E-state index is 12.5. The van der Waals surface area contributed by atoms with Gasteiger partial charge in [-0.05, 0) is 55.5 Å². The van der Waals surface area contributed by atoms with E-state index in [1.165, 1.54) is 16.6 Å². The van der Waals surface area contributed by atoms with Crippen LogP contribution in [0.2, 0.25) is 5.15 Å². The van der Waals surface area contributed by atoms with Crippen molar-refractivity contribution < 1.29 is 14.4 Å². The van der Waals surface area contributed by atoms with Crippen molar-refractivity contribution in [3.63, 3.8) is 0 Å². The molecule has 5 N–H and O–H groups in total. The van der Waals surface area contributed by atoms with Crippen molar-refractivity contribution in [3.8, 4) is 0 Å². The van der Waals surface area contributed by atoms with Crippen molar-refractivity contribution >= 4 is 64.1 Å². The highest BCUT2D eigenvalue weighted by molar-refractivity contribution is 7.99. The summed E-state index contributed by atoms with van der Waals surface area (Å²) in [6.07, 6.45) is 6.03. The number of fused-ring (bicyclic) bond motifs is 1. The molecule has 2 heterocycles. The normalized spacial score (nSPS) is 16.6. The van der Waals surface area contributed by atoms with E-state index in [1.54, 1.807) is 19.2 Å². The van der Waals surface area contributed by atoms with Crippen LogP contribution in [0.5, 0.6) is 0 Å². The third-order valence-electron chi connectivity index (χ3n) is 5.80. The van der Waals surface area contributed by atoms with Crippen molar-refractivity contribution in [3.05, 3.63) is 47.2 Å². The van der Waals surface area contributed by atoms with Crippen LogP contribution < -0.4 is 21.1 Å². The molecule has 12 heteroatoms. The van der Waals surface area contributed by atoms with E-state index in [4.69, 9.17) is 17.3 Å². The molecule has 10 nitrogen and oxygen atoms in total. The molecule has 1 aromatic carbocycles. The van der Waals surface area contributed by atoms with Crippen molar-refractivity contribution in [1.29, 1.82) is 0 Å². The predicted octanol–water partition coefficient (Wildman–Crippen LogP) is 3.48. The van der Waals surface area contributed by atoms with Gasteiger partial charge in [-0.25, -0.2) is 4.98 Å². The molecule has 2 unspecified atom stereocenters. The number of nitrogens with one attached hydrogen (secondary N) is 3. The van der Waals surface area contributed by atoms with Gasteiger partial charge in [0.1, 0.15) is 23.8 Å². The first-order valence-electron chi connectivity index (χ1n) is 11.5. The molecular weight excluding hydrogens is 502 g/mol. The minimum Gasteiger partial charge on any atom is -0.373 e. The summed E-state index contributed by atoms with van der Waals surface area (Å²) >= 11 is 7.01. The SMILES string of the molecule is CNc1cccc(Cl)n1.CSNc1ccc2c(c1)c(C(N)=O)nn2CC(=O)NC1CCC(CC=O)C1. The number of nitrogens with two attached hydrogens (primary N) is 1. The second-order valence-electron chi connectivity index (χ2n) is 8.35. The van der Waals surface area contributed by atoms with Crippen LogP contribution in [-0.2, 0) is 16.1 Å². The summed E-state index contributed by atoms with van der Waals surface area (Å²) in [6.45, 7) is 0.00787. The molecule has 192 valence electrons. The fourth-order valence-corrected chi connectivity index (χ4v) is 4.70. The summed E-state index contributed by atoms with van der Waals surface area (Å²) in [5, 5.41) is 11.3. The Morgan fingerprint density at radius 3 is 2.72 bits per heavy atom. The Morgan fingerprint density at radius 1 is 1.28 bits per heavy atom. The molecule has 36 heavy (non-hydrogen) atoms. The first-order chi connectivity index (χ1) is 17.3. The summed E-state index contributed by atoms with van der Waals surface area (Å²) in [4.78, 5) is 38.8. The Labute approximate surface area is 218 Å². The highest BCUT2D eigenvalue weighted by atomic mass is 35.5. The number of aromatic nitrogens is 3. The molecule has 0 saturated heterocycles. The molecule has 2 amide bonds. The van der Waals surface area contributed by atoms with Gasteiger partial charge in [0, 0.05) is 36.8 Å². The van der Waals surface area contributed by atoms with Crippen LogP contribution in [0.25, 0.3) is 10.9 Å². The van der Waals surface area contributed by atoms with Crippen LogP contribution in [-0.4, -0.2) is 52.2 Å². The monoisotopic (exact) mass is 531 g/mol. The van der Waals surface area contributed by atoms with Gasteiger partial charge in [0.2, 0.25) is 5.91 Å². The third-order valence-corrected chi connectivity index (χ3v) is 6.45. The Hall–Kier alpha value is -3.31. The molecule has 1 fully saturated rings. The maximum Gasteiger partial charge on any atom is 0.269 e. The molecule has 1 saturated carbocycles. The first-order valence-corrected chi connectivity index (χ1v) is 13.1. The van der Waals surface area contributed by atoms with Crippen molar-refractivity contribution in [2.45, 2.75) is 38.3 Å². The highest BCUT2D eigenvalue weighted by Gasteiger charge is 2.26. The molecule has 3 aromatic rings. The maximum atomic E-state index is 12.5. The van der Waals surface area contributed by atoms with Gasteiger partial charge in [-0.1, -0.05) is 29.6 Å². The zero-order valence-electron chi connectivity index (χ0n) is 20.2. The van der Waals surface area contributed by atoms with Gasteiger partial charge in [0.15, 0.2) is 5.69 Å². The number of halogens is 1. The van der Waals surface area contributed by atoms with Gasteiger partial charge in [0.25, 0.3) is 5.91 Å². The lowest BCUT2D eigenvalue weighted by molar-refractivity contribution is -0.122. The number of pyridine rings is 1. The van der Waals surface area contributed by atoms with Crippen molar-refractivity contribution in [2.75, 3.05) is 23.3 Å². The summed E-state index contributed by atoms with van der Waals surface area (Å²) < 4.78 is 4.61. The van der Waals surface area contributed by atoms with Gasteiger partial charge < -0.3 is 25.9 Å². The molecule has 4 rings (SSSR count). The molecule has 0 aliphatic heterocycles. The molecule has 0 bridgehead atoms. The van der Waals surface area contributed by atoms with E-state index < -0.39 is 5.91 Å². The highest BCUT2D eigenvalue weighted by Crippen LogP contribution is 2.28. The van der Waals surface area contributed by atoms with E-state index in [9.17, 15) is 14.4 Å². The lowest BCUT2D eigenvalue weighted by Gasteiger charge is -2.13. The van der Waals surface area contributed by atoms with E-state index in [0.717, 1.165) is 37.1 Å². The number of hydrogen-bond acceptors (Lipinski definition) is 8. The van der Waals surface area contributed by atoms with Gasteiger partial charge in [-0.2, -0.15) is 5.10 Å². The number of rotatable bonds is 9. The first kappa shape index (κ1) is 27.3. The Balaban J connectivity index is 0.000000338. The fraction of sp³-hybridized carbons (Fsp3) is 0.375. The molecular formula is C24H30ClN7O3S. The number of benzene rings is 1. The quantitative estimate of drug-likeness (QED) is 0.186. The standard InChI is InChI=1S/C18H23N5O3S.C6H7ClN2/c1-27-22-13-4-5-15-14(9-13)17(18(19)26)21-23(15)10-16(25)20-12-3-2-11(8-12)6-7-24;1-8-6-4-2-3-5(7)9-6/h4-5,7,9,11-12,22H,2-3,6,8,10H2,1H3,(H2,19,26)(H,20,25);2-4H,1H3,(H,8,9). The zero-order valence-corrected chi connectivity index (χ0v) is 21.7. The lowest BCUT2D eigenvalue weighted by Crippen LogP contribution is -2.35. The van der Waals surface area contributed by atoms with Crippen LogP contribution in [0.4, 0.5) is 11.5 Å². The average molecular weight is 532 g/mol. The average Bonchev–Trinajstić information content (AvgIpc) is 3.44.